The summed E-state index contributed by atoms with van der Waals surface area (Å²) in [5.41, 5.74) is 0.0117. The van der Waals surface area contributed by atoms with Crippen molar-refractivity contribution in [2.75, 3.05) is 5.32 Å². The minimum absolute atomic E-state index is 0.0415. The van der Waals surface area contributed by atoms with E-state index in [2.05, 4.69) is 15.5 Å². The SMILES string of the molecule is C[C@H](OC(=O)c1n[nH]c2ccccc12)C(=O)Nc1ccc(C(F)(F)F)cc1. The van der Waals surface area contributed by atoms with Gasteiger partial charge in [-0.2, -0.15) is 18.3 Å². The van der Waals surface area contributed by atoms with Gasteiger partial charge in [0.2, 0.25) is 0 Å². The van der Waals surface area contributed by atoms with Crippen molar-refractivity contribution in [1.29, 1.82) is 0 Å². The van der Waals surface area contributed by atoms with Crippen LogP contribution in [-0.2, 0) is 15.7 Å². The van der Waals surface area contributed by atoms with E-state index in [-0.39, 0.29) is 11.4 Å². The molecule has 0 fully saturated rings. The molecule has 0 aliphatic carbocycles. The lowest BCUT2D eigenvalue weighted by Gasteiger charge is -2.13. The number of esters is 1. The van der Waals surface area contributed by atoms with Crippen LogP contribution in [0.15, 0.2) is 48.5 Å². The van der Waals surface area contributed by atoms with Crippen LogP contribution in [0.25, 0.3) is 10.9 Å². The number of amides is 1. The van der Waals surface area contributed by atoms with Gasteiger partial charge in [0, 0.05) is 11.1 Å². The number of aromatic nitrogens is 2. The molecule has 2 N–H and O–H groups in total. The Morgan fingerprint density at radius 2 is 1.78 bits per heavy atom. The zero-order chi connectivity index (χ0) is 19.6. The first-order valence-electron chi connectivity index (χ1n) is 7.88. The number of rotatable bonds is 4. The van der Waals surface area contributed by atoms with Crippen molar-refractivity contribution in [2.24, 2.45) is 0 Å². The van der Waals surface area contributed by atoms with Crippen molar-refractivity contribution in [3.63, 3.8) is 0 Å². The van der Waals surface area contributed by atoms with E-state index in [1.807, 2.05) is 0 Å². The summed E-state index contributed by atoms with van der Waals surface area (Å²) in [6, 6.07) is 10.9. The Hall–Kier alpha value is -3.36. The van der Waals surface area contributed by atoms with Crippen LogP contribution in [-0.4, -0.2) is 28.2 Å². The second-order valence-electron chi connectivity index (χ2n) is 5.73. The molecule has 1 amide bonds. The number of halogens is 3. The van der Waals surface area contributed by atoms with Gasteiger partial charge in [-0.05, 0) is 37.3 Å². The maximum absolute atomic E-state index is 12.5. The molecule has 0 bridgehead atoms. The number of aromatic amines is 1. The summed E-state index contributed by atoms with van der Waals surface area (Å²) in [5, 5.41) is 9.52. The molecule has 1 aromatic heterocycles. The second-order valence-corrected chi connectivity index (χ2v) is 5.73. The summed E-state index contributed by atoms with van der Waals surface area (Å²) in [5.74, 6) is -1.47. The lowest BCUT2D eigenvalue weighted by Crippen LogP contribution is -2.30. The Morgan fingerprint density at radius 3 is 2.44 bits per heavy atom. The zero-order valence-electron chi connectivity index (χ0n) is 14.0. The Morgan fingerprint density at radius 1 is 1.11 bits per heavy atom. The molecule has 9 heteroatoms. The molecule has 0 aliphatic rings. The summed E-state index contributed by atoms with van der Waals surface area (Å²) in [7, 11) is 0. The zero-order valence-corrected chi connectivity index (χ0v) is 14.0. The van der Waals surface area contributed by atoms with Crippen LogP contribution in [0.3, 0.4) is 0 Å². The Balaban J connectivity index is 1.64. The van der Waals surface area contributed by atoms with Crippen molar-refractivity contribution >= 4 is 28.5 Å². The number of anilines is 1. The highest BCUT2D eigenvalue weighted by Crippen LogP contribution is 2.29. The van der Waals surface area contributed by atoms with Gasteiger partial charge in [-0.25, -0.2) is 4.79 Å². The maximum atomic E-state index is 12.5. The maximum Gasteiger partial charge on any atom is 0.416 e. The van der Waals surface area contributed by atoms with Crippen LogP contribution in [0, 0.1) is 0 Å². The van der Waals surface area contributed by atoms with Gasteiger partial charge >= 0.3 is 12.1 Å². The summed E-state index contributed by atoms with van der Waals surface area (Å²) >= 11 is 0. The van der Waals surface area contributed by atoms with Crippen LogP contribution < -0.4 is 5.32 Å². The number of carbonyl (C=O) groups is 2. The average molecular weight is 377 g/mol. The van der Waals surface area contributed by atoms with E-state index in [0.29, 0.717) is 10.9 Å². The lowest BCUT2D eigenvalue weighted by atomic mass is 10.2. The van der Waals surface area contributed by atoms with Gasteiger partial charge in [-0.1, -0.05) is 18.2 Å². The molecule has 0 saturated heterocycles. The summed E-state index contributed by atoms with van der Waals surface area (Å²) in [4.78, 5) is 24.4. The van der Waals surface area contributed by atoms with E-state index >= 15 is 0 Å². The highest BCUT2D eigenvalue weighted by atomic mass is 19.4. The quantitative estimate of drug-likeness (QED) is 0.678. The molecule has 0 aliphatic heterocycles. The number of fused-ring (bicyclic) bond motifs is 1. The fraction of sp³-hybridized carbons (Fsp3) is 0.167. The van der Waals surface area contributed by atoms with Crippen LogP contribution >= 0.6 is 0 Å². The molecule has 0 spiro atoms. The van der Waals surface area contributed by atoms with Crippen molar-refractivity contribution in [3.8, 4) is 0 Å². The largest absolute Gasteiger partial charge is 0.448 e. The number of nitrogens with zero attached hydrogens (tertiary/aromatic N) is 1. The third-order valence-corrected chi connectivity index (χ3v) is 3.80. The minimum atomic E-state index is -4.46. The molecule has 140 valence electrons. The number of benzene rings is 2. The van der Waals surface area contributed by atoms with E-state index in [1.165, 1.54) is 6.92 Å². The number of H-pyrrole nitrogens is 1. The number of carbonyl (C=O) groups excluding carboxylic acids is 2. The number of alkyl halides is 3. The monoisotopic (exact) mass is 377 g/mol. The smallest absolute Gasteiger partial charge is 0.416 e. The van der Waals surface area contributed by atoms with Crippen molar-refractivity contribution in [1.82, 2.24) is 10.2 Å². The van der Waals surface area contributed by atoms with E-state index in [9.17, 15) is 22.8 Å². The Labute approximate surface area is 151 Å². The first-order chi connectivity index (χ1) is 12.8. The fourth-order valence-electron chi connectivity index (χ4n) is 2.38. The predicted molar refractivity (Wildman–Crippen MR) is 91.0 cm³/mol. The van der Waals surface area contributed by atoms with E-state index in [4.69, 9.17) is 4.74 Å². The molecule has 3 rings (SSSR count). The third kappa shape index (κ3) is 4.08. The first kappa shape index (κ1) is 18.4. The van der Waals surface area contributed by atoms with E-state index in [0.717, 1.165) is 24.3 Å². The highest BCUT2D eigenvalue weighted by molar-refractivity contribution is 6.03. The number of hydrogen-bond donors (Lipinski definition) is 2. The number of ether oxygens (including phenoxy) is 1. The van der Waals surface area contributed by atoms with Gasteiger partial charge in [-0.3, -0.25) is 9.89 Å². The van der Waals surface area contributed by atoms with Gasteiger partial charge in [0.05, 0.1) is 11.1 Å². The predicted octanol–water partition coefficient (Wildman–Crippen LogP) is 3.77. The second kappa shape index (κ2) is 7.10. The minimum Gasteiger partial charge on any atom is -0.448 e. The van der Waals surface area contributed by atoms with E-state index in [1.54, 1.807) is 24.3 Å². The molecule has 1 heterocycles. The number of nitrogens with one attached hydrogen (secondary N) is 2. The highest BCUT2D eigenvalue weighted by Gasteiger charge is 2.30. The fourth-order valence-corrected chi connectivity index (χ4v) is 2.38. The molecule has 0 radical (unpaired) electrons. The van der Waals surface area contributed by atoms with E-state index < -0.39 is 29.7 Å². The van der Waals surface area contributed by atoms with Crippen LogP contribution in [0.1, 0.15) is 23.0 Å². The molecule has 0 unspecified atom stereocenters. The topological polar surface area (TPSA) is 84.1 Å². The Bertz CT molecular complexity index is 981. The van der Waals surface area contributed by atoms with Gasteiger partial charge in [0.25, 0.3) is 5.91 Å². The molecular formula is C18H14F3N3O3. The number of para-hydroxylation sites is 1. The molecular weight excluding hydrogens is 363 g/mol. The van der Waals surface area contributed by atoms with Crippen LogP contribution in [0.4, 0.5) is 18.9 Å². The Kier molecular flexibility index (Phi) is 4.85. The third-order valence-electron chi connectivity index (χ3n) is 3.80. The average Bonchev–Trinajstić information content (AvgIpc) is 3.05. The van der Waals surface area contributed by atoms with Crippen molar-refractivity contribution in [3.05, 3.63) is 59.8 Å². The van der Waals surface area contributed by atoms with Gasteiger partial charge in [0.1, 0.15) is 0 Å². The standard InChI is InChI=1S/C18H14F3N3O3/c1-10(16(25)22-12-8-6-11(7-9-12)18(19,20)21)27-17(26)15-13-4-2-3-5-14(13)23-24-15/h2-10H,1H3,(H,22,25)(H,23,24)/t10-/m0/s1. The molecule has 27 heavy (non-hydrogen) atoms. The molecule has 3 aromatic rings. The van der Waals surface area contributed by atoms with Gasteiger partial charge in [0.15, 0.2) is 11.8 Å². The van der Waals surface area contributed by atoms with Gasteiger partial charge < -0.3 is 10.1 Å². The first-order valence-corrected chi connectivity index (χ1v) is 7.88. The van der Waals surface area contributed by atoms with Crippen LogP contribution in [0.2, 0.25) is 0 Å². The van der Waals surface area contributed by atoms with Crippen molar-refractivity contribution in [2.45, 2.75) is 19.2 Å². The number of hydrogen-bond acceptors (Lipinski definition) is 4. The molecule has 1 atom stereocenters. The molecule has 2 aromatic carbocycles. The summed E-state index contributed by atoms with van der Waals surface area (Å²) in [6.45, 7) is 1.35. The molecule has 6 nitrogen and oxygen atoms in total. The van der Waals surface area contributed by atoms with Gasteiger partial charge in [-0.15, -0.1) is 0 Å². The summed E-state index contributed by atoms with van der Waals surface area (Å²) in [6.07, 6.45) is -5.63. The van der Waals surface area contributed by atoms with Crippen LogP contribution in [0.5, 0.6) is 0 Å². The summed E-state index contributed by atoms with van der Waals surface area (Å²) < 4.78 is 42.7. The molecule has 0 saturated carbocycles. The normalized spacial score (nSPS) is 12.6. The lowest BCUT2D eigenvalue weighted by molar-refractivity contribution is -0.137. The van der Waals surface area contributed by atoms with Crippen molar-refractivity contribution < 1.29 is 27.5 Å².